The van der Waals surface area contributed by atoms with E-state index in [2.05, 4.69) is 10.6 Å². The lowest BCUT2D eigenvalue weighted by atomic mass is 9.93. The summed E-state index contributed by atoms with van der Waals surface area (Å²) in [6, 6.07) is 21.9. The van der Waals surface area contributed by atoms with Gasteiger partial charge in [-0.15, -0.1) is 23.5 Å². The third kappa shape index (κ3) is 12.8. The summed E-state index contributed by atoms with van der Waals surface area (Å²) in [6.45, 7) is 5.89. The van der Waals surface area contributed by atoms with Crippen LogP contribution in [0.3, 0.4) is 0 Å². The van der Waals surface area contributed by atoms with Crippen LogP contribution in [0, 0.1) is 0 Å². The molecular formula is C45H56N4O10S2. The Balaban J connectivity index is 0.000000231. The first-order valence-electron chi connectivity index (χ1n) is 20.6. The molecule has 328 valence electrons. The minimum atomic E-state index is -1.07. The van der Waals surface area contributed by atoms with E-state index in [4.69, 9.17) is 4.74 Å². The summed E-state index contributed by atoms with van der Waals surface area (Å²) in [5, 5.41) is 34.9. The number of rotatable bonds is 17. The number of thioether (sulfide) groups is 2. The minimum absolute atomic E-state index is 0.194. The zero-order chi connectivity index (χ0) is 44.1. The number of amides is 2. The molecular weight excluding hydrogens is 821 g/mol. The van der Waals surface area contributed by atoms with Crippen LogP contribution in [0.2, 0.25) is 0 Å². The lowest BCUT2D eigenvalue weighted by molar-refractivity contribution is -0.152. The van der Waals surface area contributed by atoms with E-state index in [1.165, 1.54) is 9.80 Å². The van der Waals surface area contributed by atoms with Gasteiger partial charge in [-0.1, -0.05) is 84.9 Å². The van der Waals surface area contributed by atoms with Gasteiger partial charge < -0.3 is 29.9 Å². The van der Waals surface area contributed by atoms with Gasteiger partial charge in [-0.3, -0.25) is 29.8 Å². The molecule has 0 radical (unpaired) electrons. The van der Waals surface area contributed by atoms with E-state index in [1.807, 2.05) is 84.9 Å². The van der Waals surface area contributed by atoms with Gasteiger partial charge in [0.15, 0.2) is 0 Å². The molecule has 3 aromatic rings. The maximum atomic E-state index is 13.2. The van der Waals surface area contributed by atoms with Gasteiger partial charge in [0.25, 0.3) is 0 Å². The number of esters is 1. The summed E-state index contributed by atoms with van der Waals surface area (Å²) in [7, 11) is 0. The van der Waals surface area contributed by atoms with E-state index in [1.54, 1.807) is 44.3 Å². The van der Waals surface area contributed by atoms with E-state index in [0.717, 1.165) is 33.8 Å². The lowest BCUT2D eigenvalue weighted by Crippen LogP contribution is -2.56. The van der Waals surface area contributed by atoms with Crippen molar-refractivity contribution in [2.75, 3.05) is 24.7 Å². The number of hydrogen-bond acceptors (Lipinski definition) is 11. The molecule has 3 aliphatic heterocycles. The first-order chi connectivity index (χ1) is 29.2. The number of benzene rings is 3. The van der Waals surface area contributed by atoms with Crippen LogP contribution in [0.15, 0.2) is 84.9 Å². The van der Waals surface area contributed by atoms with Crippen LogP contribution in [0.4, 0.5) is 0 Å². The fourth-order valence-corrected chi connectivity index (χ4v) is 11.2. The Morgan fingerprint density at radius 2 is 1.20 bits per heavy atom. The number of nitrogens with zero attached hydrogens (tertiary/aromatic N) is 2. The van der Waals surface area contributed by atoms with Gasteiger partial charge in [-0.05, 0) is 68.7 Å². The molecule has 0 bridgehead atoms. The van der Waals surface area contributed by atoms with Crippen LogP contribution in [0.5, 0.6) is 0 Å². The molecule has 2 saturated heterocycles. The van der Waals surface area contributed by atoms with Crippen molar-refractivity contribution in [2.45, 2.75) is 106 Å². The number of fused-ring (bicyclic) bond motifs is 1. The molecule has 16 heteroatoms. The Hall–Kier alpha value is -4.90. The standard InChI is InChI=1S/C23H26N2O5.C22H30N2O5S2/c1-15(24-19(22(27)28)12-11-16-7-3-2-4-8-16)21(26)25-14-18-10-6-5-9-17(18)13-20(25)23(29)30;1-3-29-21(28)17(10-9-16-7-5-4-6-8-16)23-15(2)19(25)24-14-22(30-11-12-31-22)13-18(24)20(26)27/h2-10,15,19-20,24H,11-14H2,1H3,(H,27,28)(H,29,30);4-8,15,17-18,23H,3,9-14H2,1-2H3,(H,26,27)/t15-,19-,20-;15-,17-,18-/m00/s1. The summed E-state index contributed by atoms with van der Waals surface area (Å²) in [6.07, 6.45) is 2.71. The van der Waals surface area contributed by atoms with E-state index in [0.29, 0.717) is 38.6 Å². The average Bonchev–Trinajstić information content (AvgIpc) is 3.89. The third-order valence-electron chi connectivity index (χ3n) is 11.1. The summed E-state index contributed by atoms with van der Waals surface area (Å²) in [4.78, 5) is 76.9. The maximum Gasteiger partial charge on any atom is 0.326 e. The third-order valence-corrected chi connectivity index (χ3v) is 14.6. The van der Waals surface area contributed by atoms with Crippen LogP contribution < -0.4 is 10.6 Å². The zero-order valence-corrected chi connectivity index (χ0v) is 36.4. The van der Waals surface area contributed by atoms with Gasteiger partial charge in [-0.2, -0.15) is 0 Å². The molecule has 61 heavy (non-hydrogen) atoms. The highest BCUT2D eigenvalue weighted by molar-refractivity contribution is 8.21. The Morgan fingerprint density at radius 1 is 0.705 bits per heavy atom. The Kier molecular flexibility index (Phi) is 17.2. The highest BCUT2D eigenvalue weighted by atomic mass is 32.2. The fourth-order valence-electron chi connectivity index (χ4n) is 7.92. The molecule has 0 saturated carbocycles. The predicted molar refractivity (Wildman–Crippen MR) is 234 cm³/mol. The minimum Gasteiger partial charge on any atom is -0.480 e. The lowest BCUT2D eigenvalue weighted by Gasteiger charge is -2.36. The first-order valence-corrected chi connectivity index (χ1v) is 22.6. The van der Waals surface area contributed by atoms with Gasteiger partial charge >= 0.3 is 23.9 Å². The van der Waals surface area contributed by atoms with E-state index < -0.39 is 66.0 Å². The average molecular weight is 877 g/mol. The molecule has 3 heterocycles. The van der Waals surface area contributed by atoms with Crippen molar-refractivity contribution in [3.05, 3.63) is 107 Å². The van der Waals surface area contributed by atoms with E-state index >= 15 is 0 Å². The largest absolute Gasteiger partial charge is 0.480 e. The van der Waals surface area contributed by atoms with Crippen LogP contribution in [0.1, 0.15) is 62.3 Å². The van der Waals surface area contributed by atoms with Gasteiger partial charge in [0.1, 0.15) is 24.2 Å². The number of nitrogens with one attached hydrogen (secondary N) is 2. The van der Waals surface area contributed by atoms with E-state index in [9.17, 15) is 44.1 Å². The van der Waals surface area contributed by atoms with Gasteiger partial charge in [0.2, 0.25) is 11.8 Å². The molecule has 0 aromatic heterocycles. The van der Waals surface area contributed by atoms with Crippen LogP contribution in [-0.4, -0.2) is 126 Å². The number of carbonyl (C=O) groups excluding carboxylic acids is 3. The molecule has 0 aliphatic carbocycles. The first kappa shape index (κ1) is 47.2. The summed E-state index contributed by atoms with van der Waals surface area (Å²) in [5.74, 6) is -2.24. The van der Waals surface area contributed by atoms with Crippen molar-refractivity contribution in [2.24, 2.45) is 0 Å². The Bertz CT molecular complexity index is 1980. The van der Waals surface area contributed by atoms with Crippen molar-refractivity contribution in [1.29, 1.82) is 0 Å². The Labute approximate surface area is 365 Å². The smallest absolute Gasteiger partial charge is 0.326 e. The van der Waals surface area contributed by atoms with Gasteiger partial charge in [0, 0.05) is 37.4 Å². The number of carboxylic acids is 3. The monoisotopic (exact) mass is 876 g/mol. The van der Waals surface area contributed by atoms with Gasteiger partial charge in [0.05, 0.1) is 22.8 Å². The van der Waals surface area contributed by atoms with Crippen LogP contribution in [0.25, 0.3) is 0 Å². The van der Waals surface area contributed by atoms with Crippen molar-refractivity contribution >= 4 is 59.2 Å². The molecule has 6 rings (SSSR count). The highest BCUT2D eigenvalue weighted by Crippen LogP contribution is 2.51. The second-order valence-corrected chi connectivity index (χ2v) is 18.7. The summed E-state index contributed by atoms with van der Waals surface area (Å²) < 4.78 is 4.98. The van der Waals surface area contributed by atoms with Crippen LogP contribution >= 0.6 is 23.5 Å². The second kappa shape index (κ2) is 22.3. The summed E-state index contributed by atoms with van der Waals surface area (Å²) >= 11 is 3.50. The van der Waals surface area contributed by atoms with E-state index in [-0.39, 0.29) is 29.6 Å². The molecule has 14 nitrogen and oxygen atoms in total. The van der Waals surface area contributed by atoms with Crippen molar-refractivity contribution < 1.29 is 48.8 Å². The highest BCUT2D eigenvalue weighted by Gasteiger charge is 2.52. The molecule has 0 unspecified atom stereocenters. The fraction of sp³-hybridized carbons (Fsp3) is 0.467. The number of hydrogen-bond donors (Lipinski definition) is 5. The quantitative estimate of drug-likeness (QED) is 0.119. The van der Waals surface area contributed by atoms with Crippen molar-refractivity contribution in [3.8, 4) is 0 Å². The second-order valence-electron chi connectivity index (χ2n) is 15.4. The Morgan fingerprint density at radius 3 is 1.72 bits per heavy atom. The number of carbonyl (C=O) groups is 6. The number of carboxylic acid groups (broad SMARTS) is 3. The molecule has 3 aromatic carbocycles. The zero-order valence-electron chi connectivity index (χ0n) is 34.7. The number of aryl methyl sites for hydroxylation is 2. The number of ether oxygens (including phenoxy) is 1. The molecule has 5 N–H and O–H groups in total. The molecule has 2 amide bonds. The molecule has 6 atom stereocenters. The molecule has 1 spiro atoms. The normalized spacial score (nSPS) is 19.7. The molecule has 3 aliphatic rings. The van der Waals surface area contributed by atoms with Gasteiger partial charge in [-0.25, -0.2) is 9.59 Å². The van der Waals surface area contributed by atoms with Crippen molar-refractivity contribution in [3.63, 3.8) is 0 Å². The maximum absolute atomic E-state index is 13.2. The van der Waals surface area contributed by atoms with Crippen molar-refractivity contribution in [1.82, 2.24) is 20.4 Å². The molecule has 2 fully saturated rings. The summed E-state index contributed by atoms with van der Waals surface area (Å²) in [5.41, 5.74) is 3.94. The number of likely N-dealkylation sites (tertiary alicyclic amines) is 1. The van der Waals surface area contributed by atoms with Crippen LogP contribution in [-0.2, 0) is 59.3 Å². The number of aliphatic carboxylic acids is 3. The predicted octanol–water partition coefficient (Wildman–Crippen LogP) is 4.48. The SMILES string of the molecule is CCOC(=O)[C@H](CCc1ccccc1)N[C@@H](C)C(=O)N1CC2(C[C@H]1C(=O)O)SCCS2.C[C@H](N[C@@H](CCc1ccccc1)C(=O)O)C(=O)N1Cc2ccccc2C[C@H]1C(=O)O. The topological polar surface area (TPSA) is 203 Å².